The Morgan fingerprint density at radius 2 is 1.91 bits per heavy atom. The third-order valence-corrected chi connectivity index (χ3v) is 1.31. The maximum Gasteiger partial charge on any atom is 0.163 e. The van der Waals surface area contributed by atoms with E-state index in [-0.39, 0.29) is 6.73 Å². The van der Waals surface area contributed by atoms with Crippen LogP contribution in [0.4, 0.5) is 0 Å². The van der Waals surface area contributed by atoms with Crippen LogP contribution in [0.5, 0.6) is 11.5 Å². The summed E-state index contributed by atoms with van der Waals surface area (Å²) in [4.78, 5) is 0. The van der Waals surface area contributed by atoms with Crippen LogP contribution in [0.2, 0.25) is 0 Å². The van der Waals surface area contributed by atoms with Crippen LogP contribution in [-0.4, -0.2) is 13.8 Å². The number of nitrogens with two attached hydrogens (primary N) is 1. The Hall–Kier alpha value is -1.22. The van der Waals surface area contributed by atoms with Gasteiger partial charge < -0.3 is 9.47 Å². The van der Waals surface area contributed by atoms with Gasteiger partial charge >= 0.3 is 0 Å². The summed E-state index contributed by atoms with van der Waals surface area (Å²) in [5, 5.41) is 0. The second-order valence-corrected chi connectivity index (χ2v) is 1.96. The lowest BCUT2D eigenvalue weighted by molar-refractivity contribution is 0.303. The third-order valence-electron chi connectivity index (χ3n) is 1.31. The summed E-state index contributed by atoms with van der Waals surface area (Å²) in [6.07, 6.45) is 0. The van der Waals surface area contributed by atoms with Crippen molar-refractivity contribution in [3.63, 3.8) is 0 Å². The van der Waals surface area contributed by atoms with Crippen LogP contribution in [0.15, 0.2) is 24.3 Å². The fourth-order valence-corrected chi connectivity index (χ4v) is 0.828. The molecule has 0 saturated heterocycles. The van der Waals surface area contributed by atoms with Crippen LogP contribution in [0.3, 0.4) is 0 Å². The van der Waals surface area contributed by atoms with E-state index in [0.29, 0.717) is 11.5 Å². The molecule has 2 N–H and O–H groups in total. The summed E-state index contributed by atoms with van der Waals surface area (Å²) >= 11 is 0. The molecule has 1 rings (SSSR count). The lowest BCUT2D eigenvalue weighted by atomic mass is 10.3. The van der Waals surface area contributed by atoms with E-state index in [0.717, 1.165) is 0 Å². The minimum Gasteiger partial charge on any atom is -0.493 e. The lowest BCUT2D eigenvalue weighted by Gasteiger charge is -2.06. The zero-order chi connectivity index (χ0) is 8.10. The molecular formula is C8H11NO2. The zero-order valence-corrected chi connectivity index (χ0v) is 6.41. The van der Waals surface area contributed by atoms with Crippen molar-refractivity contribution in [2.75, 3.05) is 13.8 Å². The van der Waals surface area contributed by atoms with Gasteiger partial charge in [0.1, 0.15) is 6.73 Å². The molecule has 0 aromatic heterocycles. The van der Waals surface area contributed by atoms with Crippen LogP contribution < -0.4 is 15.2 Å². The maximum absolute atomic E-state index is 5.21. The largest absolute Gasteiger partial charge is 0.493 e. The van der Waals surface area contributed by atoms with Crippen LogP contribution >= 0.6 is 0 Å². The zero-order valence-electron chi connectivity index (χ0n) is 6.41. The van der Waals surface area contributed by atoms with Crippen molar-refractivity contribution in [2.24, 2.45) is 5.73 Å². The van der Waals surface area contributed by atoms with Crippen LogP contribution in [-0.2, 0) is 0 Å². The summed E-state index contributed by atoms with van der Waals surface area (Å²) in [6, 6.07) is 7.38. The molecule has 0 amide bonds. The topological polar surface area (TPSA) is 44.5 Å². The first kappa shape index (κ1) is 7.88. The summed E-state index contributed by atoms with van der Waals surface area (Å²) < 4.78 is 10.1. The van der Waals surface area contributed by atoms with E-state index < -0.39 is 0 Å². The van der Waals surface area contributed by atoms with Gasteiger partial charge in [0.15, 0.2) is 11.5 Å². The summed E-state index contributed by atoms with van der Waals surface area (Å²) in [5.41, 5.74) is 5.21. The molecule has 0 saturated carbocycles. The Morgan fingerprint density at radius 3 is 2.45 bits per heavy atom. The average Bonchev–Trinajstić information content (AvgIpc) is 2.06. The molecule has 0 aliphatic carbocycles. The quantitative estimate of drug-likeness (QED) is 0.658. The first-order chi connectivity index (χ1) is 5.38. The van der Waals surface area contributed by atoms with Gasteiger partial charge in [-0.1, -0.05) is 12.1 Å². The molecule has 3 heteroatoms. The molecule has 3 nitrogen and oxygen atoms in total. The number of methoxy groups -OCH3 is 1. The van der Waals surface area contributed by atoms with Gasteiger partial charge in [0.05, 0.1) is 7.11 Å². The second kappa shape index (κ2) is 3.83. The highest BCUT2D eigenvalue weighted by molar-refractivity contribution is 5.39. The Balaban J connectivity index is 2.83. The number of rotatable bonds is 3. The van der Waals surface area contributed by atoms with Gasteiger partial charge in [-0.3, -0.25) is 5.73 Å². The van der Waals surface area contributed by atoms with Crippen LogP contribution in [0, 0.1) is 0 Å². The molecule has 0 spiro atoms. The molecular weight excluding hydrogens is 142 g/mol. The Labute approximate surface area is 65.7 Å². The monoisotopic (exact) mass is 153 g/mol. The molecule has 60 valence electrons. The van der Waals surface area contributed by atoms with Gasteiger partial charge in [-0.05, 0) is 12.1 Å². The molecule has 0 atom stereocenters. The Kier molecular flexibility index (Phi) is 2.74. The van der Waals surface area contributed by atoms with Gasteiger partial charge in [0, 0.05) is 0 Å². The number of hydrogen-bond acceptors (Lipinski definition) is 3. The summed E-state index contributed by atoms with van der Waals surface area (Å²) in [6.45, 7) is 0.167. The molecule has 0 aliphatic heterocycles. The predicted octanol–water partition coefficient (Wildman–Crippen LogP) is 0.990. The summed E-state index contributed by atoms with van der Waals surface area (Å²) in [7, 11) is 1.60. The standard InChI is InChI=1S/C8H11NO2/c1-10-7-4-2-3-5-8(7)11-6-9/h2-5H,6,9H2,1H3. The van der Waals surface area contributed by atoms with Crippen LogP contribution in [0.25, 0.3) is 0 Å². The van der Waals surface area contributed by atoms with Crippen molar-refractivity contribution in [1.29, 1.82) is 0 Å². The number of hydrogen-bond donors (Lipinski definition) is 1. The van der Waals surface area contributed by atoms with Crippen molar-refractivity contribution in [2.45, 2.75) is 0 Å². The first-order valence-corrected chi connectivity index (χ1v) is 3.34. The molecule has 0 aliphatic rings. The van der Waals surface area contributed by atoms with Gasteiger partial charge in [0.25, 0.3) is 0 Å². The van der Waals surface area contributed by atoms with Crippen molar-refractivity contribution in [3.05, 3.63) is 24.3 Å². The van der Waals surface area contributed by atoms with Gasteiger partial charge in [-0.2, -0.15) is 0 Å². The highest BCUT2D eigenvalue weighted by Gasteiger charge is 1.99. The summed E-state index contributed by atoms with van der Waals surface area (Å²) in [5.74, 6) is 1.38. The van der Waals surface area contributed by atoms with E-state index in [1.807, 2.05) is 24.3 Å². The van der Waals surface area contributed by atoms with Crippen molar-refractivity contribution < 1.29 is 9.47 Å². The average molecular weight is 153 g/mol. The highest BCUT2D eigenvalue weighted by atomic mass is 16.5. The lowest BCUT2D eigenvalue weighted by Crippen LogP contribution is -2.07. The van der Waals surface area contributed by atoms with E-state index in [9.17, 15) is 0 Å². The predicted molar refractivity (Wildman–Crippen MR) is 42.7 cm³/mol. The maximum atomic E-state index is 5.21. The van der Waals surface area contributed by atoms with E-state index >= 15 is 0 Å². The third kappa shape index (κ3) is 1.85. The molecule has 0 unspecified atom stereocenters. The Bertz CT molecular complexity index is 225. The highest BCUT2D eigenvalue weighted by Crippen LogP contribution is 2.24. The molecule has 11 heavy (non-hydrogen) atoms. The minimum atomic E-state index is 0.167. The van der Waals surface area contributed by atoms with Gasteiger partial charge in [-0.25, -0.2) is 0 Å². The molecule has 0 heterocycles. The van der Waals surface area contributed by atoms with Crippen LogP contribution in [0.1, 0.15) is 0 Å². The van der Waals surface area contributed by atoms with E-state index in [1.165, 1.54) is 0 Å². The number of benzene rings is 1. The van der Waals surface area contributed by atoms with Gasteiger partial charge in [0.2, 0.25) is 0 Å². The second-order valence-electron chi connectivity index (χ2n) is 1.96. The fourth-order valence-electron chi connectivity index (χ4n) is 0.828. The molecule has 0 bridgehead atoms. The molecule has 1 aromatic carbocycles. The number of para-hydroxylation sites is 2. The van der Waals surface area contributed by atoms with Crippen molar-refractivity contribution >= 4 is 0 Å². The fraction of sp³-hybridized carbons (Fsp3) is 0.250. The van der Waals surface area contributed by atoms with Gasteiger partial charge in [-0.15, -0.1) is 0 Å². The first-order valence-electron chi connectivity index (χ1n) is 3.34. The van der Waals surface area contributed by atoms with E-state index in [4.69, 9.17) is 15.2 Å². The molecule has 0 fully saturated rings. The number of ether oxygens (including phenoxy) is 2. The minimum absolute atomic E-state index is 0.167. The molecule has 0 radical (unpaired) electrons. The Morgan fingerprint density at radius 1 is 1.27 bits per heavy atom. The molecule has 1 aromatic rings. The van der Waals surface area contributed by atoms with E-state index in [2.05, 4.69) is 0 Å². The normalized spacial score (nSPS) is 9.27. The SMILES string of the molecule is COc1ccccc1OCN. The smallest absolute Gasteiger partial charge is 0.163 e. The van der Waals surface area contributed by atoms with Crippen molar-refractivity contribution in [1.82, 2.24) is 0 Å². The van der Waals surface area contributed by atoms with Crippen molar-refractivity contribution in [3.8, 4) is 11.5 Å². The van der Waals surface area contributed by atoms with E-state index in [1.54, 1.807) is 7.11 Å².